The van der Waals surface area contributed by atoms with Gasteiger partial charge in [-0.2, -0.15) is 0 Å². The summed E-state index contributed by atoms with van der Waals surface area (Å²) in [5, 5.41) is 13.0. The van der Waals surface area contributed by atoms with Gasteiger partial charge in [0, 0.05) is 24.5 Å². The maximum Gasteiger partial charge on any atom is 0.241 e. The van der Waals surface area contributed by atoms with Crippen LogP contribution in [0.3, 0.4) is 0 Å². The zero-order valence-corrected chi connectivity index (χ0v) is 17.9. The molecule has 0 spiro atoms. The van der Waals surface area contributed by atoms with Crippen LogP contribution in [0.4, 0.5) is 21.5 Å². The summed E-state index contributed by atoms with van der Waals surface area (Å²) < 4.78 is 42.6. The number of carbonyl (C=O) groups excluding carboxylic acids is 1. The average molecular weight is 460 g/mol. The van der Waals surface area contributed by atoms with Gasteiger partial charge in [-0.25, -0.2) is 17.5 Å². The van der Waals surface area contributed by atoms with E-state index >= 15 is 0 Å². The number of carbonyl (C=O) groups is 1. The van der Waals surface area contributed by atoms with E-state index in [2.05, 4.69) is 30.5 Å². The maximum absolute atomic E-state index is 14.1. The van der Waals surface area contributed by atoms with E-state index in [1.54, 1.807) is 12.1 Å². The van der Waals surface area contributed by atoms with Crippen LogP contribution in [0.15, 0.2) is 48.8 Å². The molecular formula is C20H22FN7O3S. The fraction of sp³-hybridized carbons (Fsp3) is 0.300. The molecule has 0 atom stereocenters. The number of benzene rings is 2. The van der Waals surface area contributed by atoms with E-state index in [1.165, 1.54) is 29.6 Å². The Balaban J connectivity index is 1.38. The Labute approximate surface area is 184 Å². The molecule has 0 unspecified atom stereocenters. The smallest absolute Gasteiger partial charge is 0.241 e. The minimum Gasteiger partial charge on any atom is -0.372 e. The molecule has 2 N–H and O–H groups in total. The SMILES string of the molecule is O=C(CS(=O)(=O)Nc1ccc(N2CCCCC2)cc1)Nc1cc(-n2cnnn2)ccc1F. The van der Waals surface area contributed by atoms with Crippen molar-refractivity contribution in [1.29, 1.82) is 0 Å². The van der Waals surface area contributed by atoms with Crippen molar-refractivity contribution in [2.45, 2.75) is 19.3 Å². The summed E-state index contributed by atoms with van der Waals surface area (Å²) in [5.41, 5.74) is 1.61. The third-order valence-electron chi connectivity index (χ3n) is 5.02. The number of nitrogens with zero attached hydrogens (tertiary/aromatic N) is 5. The molecule has 12 heteroatoms. The highest BCUT2D eigenvalue weighted by atomic mass is 32.2. The minimum atomic E-state index is -3.99. The Bertz CT molecular complexity index is 1180. The van der Waals surface area contributed by atoms with Gasteiger partial charge in [-0.15, -0.1) is 5.10 Å². The molecule has 32 heavy (non-hydrogen) atoms. The molecule has 3 aromatic rings. The molecule has 0 bridgehead atoms. The normalized spacial score (nSPS) is 14.2. The first-order chi connectivity index (χ1) is 15.4. The Morgan fingerprint density at radius 3 is 2.44 bits per heavy atom. The predicted octanol–water partition coefficient (Wildman–Crippen LogP) is 2.17. The van der Waals surface area contributed by atoms with E-state index in [-0.39, 0.29) is 5.69 Å². The summed E-state index contributed by atoms with van der Waals surface area (Å²) in [5.74, 6) is -2.46. The number of tetrazole rings is 1. The van der Waals surface area contributed by atoms with E-state index in [0.29, 0.717) is 11.4 Å². The van der Waals surface area contributed by atoms with E-state index < -0.39 is 27.5 Å². The molecule has 0 saturated carbocycles. The number of sulfonamides is 1. The van der Waals surface area contributed by atoms with Gasteiger partial charge in [-0.05, 0) is 72.2 Å². The minimum absolute atomic E-state index is 0.177. The number of aromatic nitrogens is 4. The van der Waals surface area contributed by atoms with Crippen LogP contribution in [-0.2, 0) is 14.8 Å². The monoisotopic (exact) mass is 459 g/mol. The number of amides is 1. The van der Waals surface area contributed by atoms with Gasteiger partial charge in [0.25, 0.3) is 0 Å². The van der Waals surface area contributed by atoms with E-state index in [0.717, 1.165) is 37.7 Å². The largest absolute Gasteiger partial charge is 0.372 e. The number of hydrogen-bond acceptors (Lipinski definition) is 7. The van der Waals surface area contributed by atoms with Crippen molar-refractivity contribution >= 4 is 33.0 Å². The number of rotatable bonds is 7. The second-order valence-electron chi connectivity index (χ2n) is 7.42. The lowest BCUT2D eigenvalue weighted by atomic mass is 10.1. The summed E-state index contributed by atoms with van der Waals surface area (Å²) in [4.78, 5) is 14.5. The second-order valence-corrected chi connectivity index (χ2v) is 9.14. The van der Waals surface area contributed by atoms with Crippen LogP contribution >= 0.6 is 0 Å². The number of hydrogen-bond donors (Lipinski definition) is 2. The fourth-order valence-corrected chi connectivity index (χ4v) is 4.48. The molecule has 168 valence electrons. The zero-order valence-electron chi connectivity index (χ0n) is 17.1. The third-order valence-corrected chi connectivity index (χ3v) is 6.21. The first-order valence-electron chi connectivity index (χ1n) is 10.1. The molecule has 0 radical (unpaired) electrons. The number of piperidine rings is 1. The molecule has 4 rings (SSSR count). The van der Waals surface area contributed by atoms with Crippen LogP contribution in [0, 0.1) is 5.82 Å². The van der Waals surface area contributed by atoms with Gasteiger partial charge in [-0.1, -0.05) is 0 Å². The highest BCUT2D eigenvalue weighted by molar-refractivity contribution is 7.93. The molecule has 10 nitrogen and oxygen atoms in total. The summed E-state index contributed by atoms with van der Waals surface area (Å²) in [6.07, 6.45) is 4.82. The molecule has 1 aliphatic rings. The van der Waals surface area contributed by atoms with Crippen LogP contribution in [0.1, 0.15) is 19.3 Å². The summed E-state index contributed by atoms with van der Waals surface area (Å²) in [6.45, 7) is 1.97. The molecule has 1 saturated heterocycles. The average Bonchev–Trinajstić information content (AvgIpc) is 3.31. The highest BCUT2D eigenvalue weighted by Crippen LogP contribution is 2.22. The quantitative estimate of drug-likeness (QED) is 0.555. The molecule has 1 amide bonds. The second kappa shape index (κ2) is 9.30. The van der Waals surface area contributed by atoms with Crippen LogP contribution in [0.25, 0.3) is 5.69 Å². The molecule has 0 aliphatic carbocycles. The van der Waals surface area contributed by atoms with Gasteiger partial charge in [-0.3, -0.25) is 9.52 Å². The third kappa shape index (κ3) is 5.38. The molecule has 2 heterocycles. The zero-order chi connectivity index (χ0) is 22.6. The van der Waals surface area contributed by atoms with Crippen LogP contribution in [0.5, 0.6) is 0 Å². The van der Waals surface area contributed by atoms with Crippen molar-refractivity contribution in [3.63, 3.8) is 0 Å². The Morgan fingerprint density at radius 1 is 1.03 bits per heavy atom. The van der Waals surface area contributed by atoms with Gasteiger partial charge in [0.1, 0.15) is 17.9 Å². The van der Waals surface area contributed by atoms with Crippen molar-refractivity contribution in [2.24, 2.45) is 0 Å². The predicted molar refractivity (Wildman–Crippen MR) is 118 cm³/mol. The molecule has 1 aromatic heterocycles. The summed E-state index contributed by atoms with van der Waals surface area (Å²) in [7, 11) is -3.99. The first kappa shape index (κ1) is 21.7. The molecule has 1 aliphatic heterocycles. The van der Waals surface area contributed by atoms with Gasteiger partial charge in [0.05, 0.1) is 11.4 Å². The Morgan fingerprint density at radius 2 is 1.75 bits per heavy atom. The van der Waals surface area contributed by atoms with E-state index in [9.17, 15) is 17.6 Å². The maximum atomic E-state index is 14.1. The van der Waals surface area contributed by atoms with Crippen molar-refractivity contribution < 1.29 is 17.6 Å². The van der Waals surface area contributed by atoms with Crippen LogP contribution < -0.4 is 14.9 Å². The summed E-state index contributed by atoms with van der Waals surface area (Å²) >= 11 is 0. The van der Waals surface area contributed by atoms with Crippen molar-refractivity contribution in [3.8, 4) is 5.69 Å². The van der Waals surface area contributed by atoms with Gasteiger partial charge in [0.2, 0.25) is 15.9 Å². The lowest BCUT2D eigenvalue weighted by molar-refractivity contribution is -0.113. The topological polar surface area (TPSA) is 122 Å². The first-order valence-corrected chi connectivity index (χ1v) is 11.7. The standard InChI is InChI=1S/C20H22FN7O3S/c21-18-9-8-17(28-14-22-25-26-28)12-19(18)23-20(29)13-32(30,31)24-15-4-6-16(7-5-15)27-10-2-1-3-11-27/h4-9,12,14,24H,1-3,10-11,13H2,(H,23,29). The van der Waals surface area contributed by atoms with Crippen LogP contribution in [0.2, 0.25) is 0 Å². The number of halogens is 1. The van der Waals surface area contributed by atoms with Crippen molar-refractivity contribution in [1.82, 2.24) is 20.2 Å². The van der Waals surface area contributed by atoms with Gasteiger partial charge >= 0.3 is 0 Å². The highest BCUT2D eigenvalue weighted by Gasteiger charge is 2.19. The number of nitrogens with one attached hydrogen (secondary N) is 2. The van der Waals surface area contributed by atoms with E-state index in [1.807, 2.05) is 12.1 Å². The Hall–Kier alpha value is -3.54. The number of anilines is 3. The van der Waals surface area contributed by atoms with Gasteiger partial charge < -0.3 is 10.2 Å². The van der Waals surface area contributed by atoms with E-state index in [4.69, 9.17) is 0 Å². The Kier molecular flexibility index (Phi) is 6.30. The lowest BCUT2D eigenvalue weighted by Gasteiger charge is -2.28. The van der Waals surface area contributed by atoms with Gasteiger partial charge in [0.15, 0.2) is 0 Å². The van der Waals surface area contributed by atoms with Crippen molar-refractivity contribution in [3.05, 3.63) is 54.6 Å². The molecular weight excluding hydrogens is 437 g/mol. The molecule has 1 fully saturated rings. The fourth-order valence-electron chi connectivity index (χ4n) is 3.50. The molecule has 2 aromatic carbocycles. The van der Waals surface area contributed by atoms with Crippen molar-refractivity contribution in [2.75, 3.05) is 33.8 Å². The van der Waals surface area contributed by atoms with Crippen LogP contribution in [-0.4, -0.2) is 53.4 Å². The summed E-state index contributed by atoms with van der Waals surface area (Å²) in [6, 6.07) is 10.9. The lowest BCUT2D eigenvalue weighted by Crippen LogP contribution is -2.29.